The van der Waals surface area contributed by atoms with Crippen molar-refractivity contribution in [2.24, 2.45) is 5.92 Å². The van der Waals surface area contributed by atoms with E-state index in [0.29, 0.717) is 11.5 Å². The summed E-state index contributed by atoms with van der Waals surface area (Å²) >= 11 is 0. The third-order valence-corrected chi connectivity index (χ3v) is 4.85. The van der Waals surface area contributed by atoms with Crippen LogP contribution in [0.3, 0.4) is 0 Å². The van der Waals surface area contributed by atoms with E-state index in [1.807, 2.05) is 39.8 Å². The van der Waals surface area contributed by atoms with E-state index < -0.39 is 18.3 Å². The van der Waals surface area contributed by atoms with E-state index in [1.165, 1.54) is 5.56 Å². The SMILES string of the molecule is CC(=C(F)B1OC(C)(C)C(C)(C)O1)c1ccc(CC(C)C)cc1. The molecule has 0 unspecified atom stereocenters. The van der Waals surface area contributed by atoms with Gasteiger partial charge in [0, 0.05) is 0 Å². The molecule has 0 aromatic heterocycles. The van der Waals surface area contributed by atoms with Crippen molar-refractivity contribution in [3.8, 4) is 0 Å². The Balaban J connectivity index is 2.21. The van der Waals surface area contributed by atoms with E-state index >= 15 is 0 Å². The first-order chi connectivity index (χ1) is 10.5. The lowest BCUT2D eigenvalue weighted by molar-refractivity contribution is 0.00578. The molecule has 0 saturated carbocycles. The van der Waals surface area contributed by atoms with E-state index in [4.69, 9.17) is 9.31 Å². The highest BCUT2D eigenvalue weighted by Crippen LogP contribution is 2.40. The Bertz CT molecular complexity index is 572. The van der Waals surface area contributed by atoms with Crippen LogP contribution in [-0.4, -0.2) is 18.3 Å². The fraction of sp³-hybridized carbons (Fsp3) is 0.579. The second-order valence-corrected chi connectivity index (χ2v) is 7.86. The molecule has 1 aromatic carbocycles. The molecule has 0 amide bonds. The molecule has 0 atom stereocenters. The first-order valence-electron chi connectivity index (χ1n) is 8.35. The average molecular weight is 318 g/mol. The first-order valence-corrected chi connectivity index (χ1v) is 8.35. The number of allylic oxidation sites excluding steroid dienone is 1. The quantitative estimate of drug-likeness (QED) is 0.709. The van der Waals surface area contributed by atoms with Crippen LogP contribution in [0.2, 0.25) is 0 Å². The molecule has 23 heavy (non-hydrogen) atoms. The summed E-state index contributed by atoms with van der Waals surface area (Å²) < 4.78 is 26.4. The van der Waals surface area contributed by atoms with Crippen LogP contribution in [0.25, 0.3) is 5.57 Å². The van der Waals surface area contributed by atoms with E-state index in [9.17, 15) is 4.39 Å². The van der Waals surface area contributed by atoms with Crippen molar-refractivity contribution in [2.75, 3.05) is 0 Å². The molecule has 2 rings (SSSR count). The predicted octanol–water partition coefficient (Wildman–Crippen LogP) is 5.22. The van der Waals surface area contributed by atoms with Crippen LogP contribution in [-0.2, 0) is 15.7 Å². The van der Waals surface area contributed by atoms with Crippen LogP contribution in [0.1, 0.15) is 59.6 Å². The first kappa shape index (κ1) is 18.2. The minimum absolute atomic E-state index is 0.347. The minimum atomic E-state index is -0.935. The van der Waals surface area contributed by atoms with Gasteiger partial charge < -0.3 is 9.31 Å². The van der Waals surface area contributed by atoms with Gasteiger partial charge in [0.2, 0.25) is 0 Å². The molecule has 1 saturated heterocycles. The summed E-state index contributed by atoms with van der Waals surface area (Å²) in [6, 6.07) is 8.07. The maximum atomic E-state index is 14.8. The lowest BCUT2D eigenvalue weighted by Crippen LogP contribution is -2.41. The van der Waals surface area contributed by atoms with Gasteiger partial charge in [-0.1, -0.05) is 38.1 Å². The second-order valence-electron chi connectivity index (χ2n) is 7.86. The average Bonchev–Trinajstić information content (AvgIpc) is 2.66. The van der Waals surface area contributed by atoms with Gasteiger partial charge in [0.05, 0.1) is 11.2 Å². The van der Waals surface area contributed by atoms with Crippen molar-refractivity contribution in [3.05, 3.63) is 41.1 Å². The van der Waals surface area contributed by atoms with E-state index in [-0.39, 0.29) is 5.73 Å². The summed E-state index contributed by atoms with van der Waals surface area (Å²) in [6.07, 6.45) is 1.03. The van der Waals surface area contributed by atoms with Crippen LogP contribution in [0.5, 0.6) is 0 Å². The lowest BCUT2D eigenvalue weighted by Gasteiger charge is -2.32. The summed E-state index contributed by atoms with van der Waals surface area (Å²) in [5.41, 5.74) is 1.30. The summed E-state index contributed by atoms with van der Waals surface area (Å²) in [7, 11) is -0.935. The standard InChI is InChI=1S/C19H28BFO2/c1-13(2)12-15-8-10-16(11-9-15)14(3)17(21)20-22-18(4,5)19(6,7)23-20/h8-11,13H,12H2,1-7H3. The normalized spacial score (nSPS) is 20.8. The maximum Gasteiger partial charge on any atom is 0.525 e. The fourth-order valence-electron chi connectivity index (χ4n) is 2.62. The number of halogens is 1. The zero-order valence-corrected chi connectivity index (χ0v) is 15.4. The Labute approximate surface area is 140 Å². The van der Waals surface area contributed by atoms with Gasteiger partial charge in [-0.25, -0.2) is 4.39 Å². The Kier molecular flexibility index (Phi) is 5.07. The Morgan fingerprint density at radius 2 is 1.52 bits per heavy atom. The number of rotatable bonds is 4. The molecule has 0 bridgehead atoms. The van der Waals surface area contributed by atoms with Crippen molar-refractivity contribution in [1.82, 2.24) is 0 Å². The second kappa shape index (κ2) is 6.41. The molecule has 0 radical (unpaired) electrons. The summed E-state index contributed by atoms with van der Waals surface area (Å²) in [5.74, 6) is 0.610. The molecular formula is C19H28BFO2. The van der Waals surface area contributed by atoms with E-state index in [2.05, 4.69) is 26.0 Å². The molecule has 126 valence electrons. The number of hydrogen-bond donors (Lipinski definition) is 0. The maximum absolute atomic E-state index is 14.8. The van der Waals surface area contributed by atoms with Gasteiger partial charge in [-0.2, -0.15) is 0 Å². The Hall–Kier alpha value is -1.13. The molecule has 0 aliphatic carbocycles. The summed E-state index contributed by atoms with van der Waals surface area (Å²) in [5, 5.41) is 0. The van der Waals surface area contributed by atoms with Crippen molar-refractivity contribution in [3.63, 3.8) is 0 Å². The summed E-state index contributed by atoms with van der Waals surface area (Å²) in [4.78, 5) is 0. The van der Waals surface area contributed by atoms with Crippen LogP contribution >= 0.6 is 0 Å². The van der Waals surface area contributed by atoms with Crippen molar-refractivity contribution < 1.29 is 13.7 Å². The van der Waals surface area contributed by atoms with E-state index in [1.54, 1.807) is 6.92 Å². The van der Waals surface area contributed by atoms with Gasteiger partial charge in [0.25, 0.3) is 0 Å². The van der Waals surface area contributed by atoms with Crippen LogP contribution < -0.4 is 0 Å². The lowest BCUT2D eigenvalue weighted by atomic mass is 9.83. The highest BCUT2D eigenvalue weighted by atomic mass is 19.1. The van der Waals surface area contributed by atoms with Crippen LogP contribution in [0, 0.1) is 5.92 Å². The zero-order valence-electron chi connectivity index (χ0n) is 15.4. The zero-order chi connectivity index (χ0) is 17.4. The molecule has 0 N–H and O–H groups in total. The smallest absolute Gasteiger partial charge is 0.398 e. The number of hydrogen-bond acceptors (Lipinski definition) is 2. The van der Waals surface area contributed by atoms with Crippen molar-refractivity contribution in [1.29, 1.82) is 0 Å². The Morgan fingerprint density at radius 1 is 1.04 bits per heavy atom. The molecule has 1 aliphatic rings. The largest absolute Gasteiger partial charge is 0.525 e. The van der Waals surface area contributed by atoms with Gasteiger partial charge in [-0.15, -0.1) is 0 Å². The fourth-order valence-corrected chi connectivity index (χ4v) is 2.62. The van der Waals surface area contributed by atoms with Crippen molar-refractivity contribution >= 4 is 12.7 Å². The third-order valence-electron chi connectivity index (χ3n) is 4.85. The van der Waals surface area contributed by atoms with Gasteiger partial charge in [0.15, 0.2) is 0 Å². The highest BCUT2D eigenvalue weighted by molar-refractivity contribution is 6.55. The van der Waals surface area contributed by atoms with Gasteiger partial charge in [0.1, 0.15) is 5.73 Å². The van der Waals surface area contributed by atoms with Crippen LogP contribution in [0.4, 0.5) is 4.39 Å². The van der Waals surface area contributed by atoms with Gasteiger partial charge >= 0.3 is 7.12 Å². The van der Waals surface area contributed by atoms with Crippen molar-refractivity contribution in [2.45, 2.75) is 66.1 Å². The number of benzene rings is 1. The monoisotopic (exact) mass is 318 g/mol. The Morgan fingerprint density at radius 3 is 1.96 bits per heavy atom. The highest BCUT2D eigenvalue weighted by Gasteiger charge is 2.53. The summed E-state index contributed by atoms with van der Waals surface area (Å²) in [6.45, 7) is 13.9. The molecule has 1 aliphatic heterocycles. The minimum Gasteiger partial charge on any atom is -0.398 e. The third kappa shape index (κ3) is 3.86. The molecule has 4 heteroatoms. The molecule has 0 spiro atoms. The molecule has 1 heterocycles. The molecule has 1 aromatic rings. The van der Waals surface area contributed by atoms with Gasteiger partial charge in [-0.05, 0) is 63.7 Å². The molecule has 1 fully saturated rings. The molecular weight excluding hydrogens is 290 g/mol. The van der Waals surface area contributed by atoms with Crippen LogP contribution in [0.15, 0.2) is 30.0 Å². The molecule has 2 nitrogen and oxygen atoms in total. The topological polar surface area (TPSA) is 18.5 Å². The van der Waals surface area contributed by atoms with E-state index in [0.717, 1.165) is 12.0 Å². The van der Waals surface area contributed by atoms with Gasteiger partial charge in [-0.3, -0.25) is 0 Å². The predicted molar refractivity (Wildman–Crippen MR) is 94.8 cm³/mol.